The normalized spacial score (nSPS) is 16.8. The fourth-order valence-corrected chi connectivity index (χ4v) is 2.60. The Balaban J connectivity index is 2.06. The van der Waals surface area contributed by atoms with E-state index in [0.29, 0.717) is 18.7 Å². The third-order valence-electron chi connectivity index (χ3n) is 3.98. The molecule has 2 N–H and O–H groups in total. The molecule has 2 rings (SSSR count). The second-order valence-corrected chi connectivity index (χ2v) is 6.13. The van der Waals surface area contributed by atoms with Gasteiger partial charge < -0.3 is 15.5 Å². The van der Waals surface area contributed by atoms with Gasteiger partial charge in [0.2, 0.25) is 5.91 Å². The van der Waals surface area contributed by atoms with Crippen LogP contribution < -0.4 is 10.6 Å². The van der Waals surface area contributed by atoms with Crippen LogP contribution in [0.2, 0.25) is 0 Å². The summed E-state index contributed by atoms with van der Waals surface area (Å²) in [6.45, 7) is 6.82. The maximum absolute atomic E-state index is 13.0. The first-order chi connectivity index (χ1) is 11.0. The highest BCUT2D eigenvalue weighted by Crippen LogP contribution is 2.10. The van der Waals surface area contributed by atoms with Gasteiger partial charge in [0.05, 0.1) is 0 Å². The second kappa shape index (κ2) is 8.06. The van der Waals surface area contributed by atoms with Gasteiger partial charge in [-0.15, -0.1) is 0 Å². The Hall–Kier alpha value is -1.95. The average molecular weight is 321 g/mol. The van der Waals surface area contributed by atoms with Crippen molar-refractivity contribution in [3.8, 4) is 0 Å². The van der Waals surface area contributed by atoms with E-state index in [1.807, 2.05) is 13.8 Å². The molecule has 1 aromatic carbocycles. The first-order valence-electron chi connectivity index (χ1n) is 8.05. The monoisotopic (exact) mass is 321 g/mol. The van der Waals surface area contributed by atoms with Gasteiger partial charge in [0.25, 0.3) is 5.91 Å². The first kappa shape index (κ1) is 17.4. The quantitative estimate of drug-likeness (QED) is 0.881. The molecule has 1 aliphatic heterocycles. The molecule has 1 atom stereocenters. The number of halogens is 1. The Bertz CT molecular complexity index is 537. The molecule has 6 heteroatoms. The highest BCUT2D eigenvalue weighted by molar-refractivity contribution is 5.97. The van der Waals surface area contributed by atoms with Crippen molar-refractivity contribution in [1.29, 1.82) is 0 Å². The van der Waals surface area contributed by atoms with Gasteiger partial charge in [-0.05, 0) is 43.1 Å². The highest BCUT2D eigenvalue weighted by atomic mass is 19.1. The molecule has 0 aliphatic carbocycles. The van der Waals surface area contributed by atoms with Crippen LogP contribution in [0.15, 0.2) is 24.3 Å². The molecule has 0 bridgehead atoms. The van der Waals surface area contributed by atoms with E-state index in [-0.39, 0.29) is 17.7 Å². The summed E-state index contributed by atoms with van der Waals surface area (Å²) in [7, 11) is 0. The van der Waals surface area contributed by atoms with Gasteiger partial charge in [0.15, 0.2) is 0 Å². The topological polar surface area (TPSA) is 61.4 Å². The standard InChI is InChI=1S/C17H24FN3O2/c1-12(2)15(17(23)21-10-3-8-19-9-11-21)20-16(22)13-4-6-14(18)7-5-13/h4-7,12,15,19H,3,8-11H2,1-2H3,(H,20,22). The lowest BCUT2D eigenvalue weighted by Crippen LogP contribution is -2.52. The van der Waals surface area contributed by atoms with Crippen LogP contribution in [0.5, 0.6) is 0 Å². The molecule has 1 aliphatic rings. The number of nitrogens with zero attached hydrogens (tertiary/aromatic N) is 1. The van der Waals surface area contributed by atoms with Crippen molar-refractivity contribution >= 4 is 11.8 Å². The highest BCUT2D eigenvalue weighted by Gasteiger charge is 2.29. The van der Waals surface area contributed by atoms with Crippen molar-refractivity contribution in [2.75, 3.05) is 26.2 Å². The van der Waals surface area contributed by atoms with E-state index in [1.165, 1.54) is 24.3 Å². The molecule has 2 amide bonds. The molecular weight excluding hydrogens is 297 g/mol. The Morgan fingerprint density at radius 1 is 1.17 bits per heavy atom. The zero-order chi connectivity index (χ0) is 16.8. The lowest BCUT2D eigenvalue weighted by Gasteiger charge is -2.28. The molecule has 1 heterocycles. The Morgan fingerprint density at radius 3 is 2.52 bits per heavy atom. The molecule has 23 heavy (non-hydrogen) atoms. The second-order valence-electron chi connectivity index (χ2n) is 6.13. The fourth-order valence-electron chi connectivity index (χ4n) is 2.60. The average Bonchev–Trinajstić information content (AvgIpc) is 2.81. The predicted molar refractivity (Wildman–Crippen MR) is 86.6 cm³/mol. The molecule has 5 nitrogen and oxygen atoms in total. The molecule has 1 saturated heterocycles. The Morgan fingerprint density at radius 2 is 1.87 bits per heavy atom. The van der Waals surface area contributed by atoms with Crippen molar-refractivity contribution < 1.29 is 14.0 Å². The number of nitrogens with one attached hydrogen (secondary N) is 2. The minimum atomic E-state index is -0.578. The van der Waals surface area contributed by atoms with Crippen LogP contribution in [-0.4, -0.2) is 48.9 Å². The molecule has 0 aromatic heterocycles. The van der Waals surface area contributed by atoms with E-state index >= 15 is 0 Å². The van der Waals surface area contributed by atoms with E-state index in [9.17, 15) is 14.0 Å². The molecule has 0 saturated carbocycles. The molecular formula is C17H24FN3O2. The number of amides is 2. The van der Waals surface area contributed by atoms with Gasteiger partial charge in [0, 0.05) is 25.2 Å². The van der Waals surface area contributed by atoms with E-state index < -0.39 is 11.9 Å². The van der Waals surface area contributed by atoms with Crippen LogP contribution in [0.1, 0.15) is 30.6 Å². The van der Waals surface area contributed by atoms with Crippen molar-refractivity contribution in [3.05, 3.63) is 35.6 Å². The molecule has 1 unspecified atom stereocenters. The molecule has 126 valence electrons. The van der Waals surface area contributed by atoms with Gasteiger partial charge in [-0.3, -0.25) is 9.59 Å². The van der Waals surface area contributed by atoms with E-state index in [2.05, 4.69) is 10.6 Å². The molecule has 1 fully saturated rings. The first-order valence-corrected chi connectivity index (χ1v) is 8.05. The summed E-state index contributed by atoms with van der Waals surface area (Å²) in [5.41, 5.74) is 0.349. The van der Waals surface area contributed by atoms with Crippen molar-refractivity contribution in [3.63, 3.8) is 0 Å². The van der Waals surface area contributed by atoms with Crippen molar-refractivity contribution in [2.24, 2.45) is 5.92 Å². The summed E-state index contributed by atoms with van der Waals surface area (Å²) in [4.78, 5) is 26.8. The molecule has 0 spiro atoms. The minimum Gasteiger partial charge on any atom is -0.340 e. The van der Waals surface area contributed by atoms with Gasteiger partial charge in [-0.1, -0.05) is 13.8 Å². The van der Waals surface area contributed by atoms with Crippen LogP contribution in [0.25, 0.3) is 0 Å². The van der Waals surface area contributed by atoms with E-state index in [4.69, 9.17) is 0 Å². The maximum atomic E-state index is 13.0. The fraction of sp³-hybridized carbons (Fsp3) is 0.529. The summed E-state index contributed by atoms with van der Waals surface area (Å²) in [5, 5.41) is 6.05. The number of carbonyl (C=O) groups excluding carboxylic acids is 2. The van der Waals surface area contributed by atoms with Gasteiger partial charge in [-0.25, -0.2) is 4.39 Å². The van der Waals surface area contributed by atoms with Crippen LogP contribution in [0.4, 0.5) is 4.39 Å². The lowest BCUT2D eigenvalue weighted by atomic mass is 10.0. The zero-order valence-electron chi connectivity index (χ0n) is 13.6. The minimum absolute atomic E-state index is 0.0249. The SMILES string of the molecule is CC(C)C(NC(=O)c1ccc(F)cc1)C(=O)N1CCCNCC1. The third-order valence-corrected chi connectivity index (χ3v) is 3.98. The number of carbonyl (C=O) groups is 2. The molecule has 0 radical (unpaired) electrons. The van der Waals surface area contributed by atoms with Gasteiger partial charge in [0.1, 0.15) is 11.9 Å². The predicted octanol–water partition coefficient (Wildman–Crippen LogP) is 1.40. The summed E-state index contributed by atoms with van der Waals surface area (Å²) in [5.74, 6) is -0.831. The lowest BCUT2D eigenvalue weighted by molar-refractivity contribution is -0.134. The maximum Gasteiger partial charge on any atom is 0.251 e. The Labute approximate surface area is 136 Å². The van der Waals surface area contributed by atoms with Gasteiger partial charge in [-0.2, -0.15) is 0 Å². The summed E-state index contributed by atoms with van der Waals surface area (Å²) in [6, 6.07) is 4.74. The zero-order valence-corrected chi connectivity index (χ0v) is 13.6. The van der Waals surface area contributed by atoms with Gasteiger partial charge >= 0.3 is 0 Å². The number of hydrogen-bond acceptors (Lipinski definition) is 3. The largest absolute Gasteiger partial charge is 0.340 e. The number of hydrogen-bond donors (Lipinski definition) is 2. The van der Waals surface area contributed by atoms with Crippen molar-refractivity contribution in [1.82, 2.24) is 15.5 Å². The third kappa shape index (κ3) is 4.76. The smallest absolute Gasteiger partial charge is 0.251 e. The van der Waals surface area contributed by atoms with Crippen molar-refractivity contribution in [2.45, 2.75) is 26.3 Å². The van der Waals surface area contributed by atoms with Crippen LogP contribution in [0.3, 0.4) is 0 Å². The molecule has 1 aromatic rings. The van der Waals surface area contributed by atoms with Crippen LogP contribution in [0, 0.1) is 11.7 Å². The van der Waals surface area contributed by atoms with Crippen LogP contribution >= 0.6 is 0 Å². The summed E-state index contributed by atoms with van der Waals surface area (Å²) in [6.07, 6.45) is 0.905. The number of rotatable bonds is 4. The number of benzene rings is 1. The summed E-state index contributed by atoms with van der Waals surface area (Å²) < 4.78 is 13.0. The summed E-state index contributed by atoms with van der Waals surface area (Å²) >= 11 is 0. The van der Waals surface area contributed by atoms with Crippen LogP contribution in [-0.2, 0) is 4.79 Å². The van der Waals surface area contributed by atoms with E-state index in [0.717, 1.165) is 19.5 Å². The Kier molecular flexibility index (Phi) is 6.10. The van der Waals surface area contributed by atoms with E-state index in [1.54, 1.807) is 4.90 Å².